The van der Waals surface area contributed by atoms with Gasteiger partial charge < -0.3 is 5.32 Å². The van der Waals surface area contributed by atoms with Gasteiger partial charge in [0.25, 0.3) is 0 Å². The Balaban J connectivity index is 1.99. The van der Waals surface area contributed by atoms with Crippen LogP contribution in [0, 0.1) is 12.8 Å². The molecule has 3 nitrogen and oxygen atoms in total. The molecule has 16 heavy (non-hydrogen) atoms. The lowest BCUT2D eigenvalue weighted by atomic mass is 10.1. The maximum atomic E-state index is 4.25. The van der Waals surface area contributed by atoms with Crippen molar-refractivity contribution in [2.75, 3.05) is 11.9 Å². The zero-order chi connectivity index (χ0) is 11.0. The molecule has 0 saturated heterocycles. The Kier molecular flexibility index (Phi) is 2.24. The Bertz CT molecular complexity index is 518. The second kappa shape index (κ2) is 3.74. The molecule has 0 unspecified atom stereocenters. The van der Waals surface area contributed by atoms with Gasteiger partial charge in [-0.1, -0.05) is 24.3 Å². The van der Waals surface area contributed by atoms with Crippen LogP contribution in [0.4, 0.5) is 5.82 Å². The van der Waals surface area contributed by atoms with Gasteiger partial charge in [0.2, 0.25) is 0 Å². The van der Waals surface area contributed by atoms with Gasteiger partial charge in [0.15, 0.2) is 5.82 Å². The third-order valence-electron chi connectivity index (χ3n) is 3.13. The van der Waals surface area contributed by atoms with Gasteiger partial charge in [-0.05, 0) is 25.7 Å². The first-order valence-corrected chi connectivity index (χ1v) is 5.80. The van der Waals surface area contributed by atoms with E-state index in [1.807, 2.05) is 19.1 Å². The van der Waals surface area contributed by atoms with Crippen LogP contribution in [-0.2, 0) is 0 Å². The summed E-state index contributed by atoms with van der Waals surface area (Å²) in [7, 11) is 0. The van der Waals surface area contributed by atoms with Crippen molar-refractivity contribution >= 4 is 16.6 Å². The van der Waals surface area contributed by atoms with Crippen LogP contribution >= 0.6 is 0 Å². The molecule has 0 bridgehead atoms. The second-order valence-corrected chi connectivity index (χ2v) is 4.50. The summed E-state index contributed by atoms with van der Waals surface area (Å²) in [5.41, 5.74) is 0.993. The number of fused-ring (bicyclic) bond motifs is 1. The summed E-state index contributed by atoms with van der Waals surface area (Å²) in [6.07, 6.45) is 2.70. The summed E-state index contributed by atoms with van der Waals surface area (Å²) in [4.78, 5) is 0. The lowest BCUT2D eigenvalue weighted by Crippen LogP contribution is -2.06. The Morgan fingerprint density at radius 2 is 1.94 bits per heavy atom. The predicted molar refractivity (Wildman–Crippen MR) is 65.5 cm³/mol. The van der Waals surface area contributed by atoms with E-state index in [1.165, 1.54) is 23.6 Å². The van der Waals surface area contributed by atoms with Gasteiger partial charge in [-0.3, -0.25) is 0 Å². The number of nitrogens with one attached hydrogen (secondary N) is 1. The molecule has 0 radical (unpaired) electrons. The highest BCUT2D eigenvalue weighted by atomic mass is 15.2. The van der Waals surface area contributed by atoms with Gasteiger partial charge in [-0.15, -0.1) is 5.10 Å². The van der Waals surface area contributed by atoms with Crippen molar-refractivity contribution in [3.8, 4) is 0 Å². The van der Waals surface area contributed by atoms with Gasteiger partial charge in [-0.25, -0.2) is 0 Å². The first kappa shape index (κ1) is 9.58. The van der Waals surface area contributed by atoms with Gasteiger partial charge in [0, 0.05) is 17.3 Å². The van der Waals surface area contributed by atoms with E-state index in [1.54, 1.807) is 0 Å². The van der Waals surface area contributed by atoms with E-state index < -0.39 is 0 Å². The Hall–Kier alpha value is -1.64. The molecule has 1 aromatic heterocycles. The molecule has 82 valence electrons. The predicted octanol–water partition coefficient (Wildman–Crippen LogP) is 2.76. The quantitative estimate of drug-likeness (QED) is 0.852. The van der Waals surface area contributed by atoms with Crippen molar-refractivity contribution < 1.29 is 0 Å². The molecule has 1 aromatic carbocycles. The summed E-state index contributed by atoms with van der Waals surface area (Å²) in [5.74, 6) is 1.77. The first-order valence-electron chi connectivity index (χ1n) is 5.80. The second-order valence-electron chi connectivity index (χ2n) is 4.50. The number of nitrogens with zero attached hydrogens (tertiary/aromatic N) is 2. The average molecular weight is 213 g/mol. The zero-order valence-corrected chi connectivity index (χ0v) is 9.40. The van der Waals surface area contributed by atoms with E-state index in [0.29, 0.717) is 0 Å². The molecule has 0 aliphatic heterocycles. The molecular formula is C13H15N3. The van der Waals surface area contributed by atoms with Crippen molar-refractivity contribution in [3.05, 3.63) is 30.0 Å². The van der Waals surface area contributed by atoms with Crippen LogP contribution in [0.2, 0.25) is 0 Å². The van der Waals surface area contributed by atoms with Crippen LogP contribution in [-0.4, -0.2) is 16.7 Å². The largest absolute Gasteiger partial charge is 0.368 e. The number of rotatable bonds is 3. The normalized spacial score (nSPS) is 15.3. The number of anilines is 1. The summed E-state index contributed by atoms with van der Waals surface area (Å²) in [6, 6.07) is 8.29. The third-order valence-corrected chi connectivity index (χ3v) is 3.13. The van der Waals surface area contributed by atoms with Crippen molar-refractivity contribution in [1.29, 1.82) is 0 Å². The molecule has 0 spiro atoms. The highest BCUT2D eigenvalue weighted by molar-refractivity contribution is 5.92. The molecular weight excluding hydrogens is 198 g/mol. The maximum absolute atomic E-state index is 4.25. The van der Waals surface area contributed by atoms with Crippen LogP contribution < -0.4 is 5.32 Å². The fourth-order valence-electron chi connectivity index (χ4n) is 1.93. The molecule has 3 heteroatoms. The van der Waals surface area contributed by atoms with E-state index in [0.717, 1.165) is 24.0 Å². The Morgan fingerprint density at radius 3 is 2.69 bits per heavy atom. The molecule has 0 atom stereocenters. The highest BCUT2D eigenvalue weighted by Crippen LogP contribution is 2.30. The minimum absolute atomic E-state index is 0.849. The molecule has 1 N–H and O–H groups in total. The number of aryl methyl sites for hydroxylation is 1. The van der Waals surface area contributed by atoms with Crippen molar-refractivity contribution in [1.82, 2.24) is 10.2 Å². The van der Waals surface area contributed by atoms with Crippen molar-refractivity contribution in [2.24, 2.45) is 5.92 Å². The fourth-order valence-corrected chi connectivity index (χ4v) is 1.93. The molecule has 1 fully saturated rings. The summed E-state index contributed by atoms with van der Waals surface area (Å²) in [5, 5.41) is 14.2. The number of hydrogen-bond acceptors (Lipinski definition) is 3. The van der Waals surface area contributed by atoms with Crippen molar-refractivity contribution in [2.45, 2.75) is 19.8 Å². The average Bonchev–Trinajstić information content (AvgIpc) is 3.13. The molecule has 2 aromatic rings. The number of aromatic nitrogens is 2. The Morgan fingerprint density at radius 1 is 1.19 bits per heavy atom. The van der Waals surface area contributed by atoms with E-state index in [9.17, 15) is 0 Å². The van der Waals surface area contributed by atoms with Gasteiger partial charge in [-0.2, -0.15) is 5.10 Å². The van der Waals surface area contributed by atoms with Gasteiger partial charge >= 0.3 is 0 Å². The third kappa shape index (κ3) is 1.73. The minimum Gasteiger partial charge on any atom is -0.368 e. The van der Waals surface area contributed by atoms with Crippen LogP contribution in [0.1, 0.15) is 18.5 Å². The topological polar surface area (TPSA) is 37.8 Å². The fraction of sp³-hybridized carbons (Fsp3) is 0.385. The summed E-state index contributed by atoms with van der Waals surface area (Å²) >= 11 is 0. The van der Waals surface area contributed by atoms with Crippen molar-refractivity contribution in [3.63, 3.8) is 0 Å². The maximum Gasteiger partial charge on any atom is 0.156 e. The molecule has 1 heterocycles. The molecule has 0 amide bonds. The minimum atomic E-state index is 0.849. The monoisotopic (exact) mass is 213 g/mol. The lowest BCUT2D eigenvalue weighted by molar-refractivity contribution is 0.873. The van der Waals surface area contributed by atoms with Crippen LogP contribution in [0.3, 0.4) is 0 Å². The van der Waals surface area contributed by atoms with E-state index in [2.05, 4.69) is 27.6 Å². The molecule has 1 aliphatic rings. The van der Waals surface area contributed by atoms with Gasteiger partial charge in [0.1, 0.15) is 0 Å². The highest BCUT2D eigenvalue weighted by Gasteiger charge is 2.21. The number of benzene rings is 1. The summed E-state index contributed by atoms with van der Waals surface area (Å²) < 4.78 is 0. The van der Waals surface area contributed by atoms with Crippen LogP contribution in [0.5, 0.6) is 0 Å². The standard InChI is InChI=1S/C13H15N3/c1-9-11-4-2-3-5-12(11)13(16-15-9)14-8-10-6-7-10/h2-5,10H,6-8H2,1H3,(H,14,16). The van der Waals surface area contributed by atoms with E-state index in [4.69, 9.17) is 0 Å². The van der Waals surface area contributed by atoms with E-state index >= 15 is 0 Å². The van der Waals surface area contributed by atoms with Crippen LogP contribution in [0.15, 0.2) is 24.3 Å². The smallest absolute Gasteiger partial charge is 0.156 e. The SMILES string of the molecule is Cc1nnc(NCC2CC2)c2ccccc12. The lowest BCUT2D eigenvalue weighted by Gasteiger charge is -2.08. The first-order chi connectivity index (χ1) is 7.84. The van der Waals surface area contributed by atoms with Crippen LogP contribution in [0.25, 0.3) is 10.8 Å². The van der Waals surface area contributed by atoms with Gasteiger partial charge in [0.05, 0.1) is 5.69 Å². The zero-order valence-electron chi connectivity index (χ0n) is 9.40. The van der Waals surface area contributed by atoms with E-state index in [-0.39, 0.29) is 0 Å². The summed E-state index contributed by atoms with van der Waals surface area (Å²) in [6.45, 7) is 3.03. The molecule has 3 rings (SSSR count). The Labute approximate surface area is 94.9 Å². The molecule has 1 aliphatic carbocycles. The number of hydrogen-bond donors (Lipinski definition) is 1. The molecule has 1 saturated carbocycles.